The first-order chi connectivity index (χ1) is 11.9. The lowest BCUT2D eigenvalue weighted by atomic mass is 10.1. The van der Waals surface area contributed by atoms with Crippen LogP contribution in [-0.4, -0.2) is 14.8 Å². The summed E-state index contributed by atoms with van der Waals surface area (Å²) in [5.74, 6) is 0.573. The van der Waals surface area contributed by atoms with Gasteiger partial charge in [-0.3, -0.25) is 0 Å². The van der Waals surface area contributed by atoms with Gasteiger partial charge in [0.25, 0.3) is 0 Å². The van der Waals surface area contributed by atoms with Crippen LogP contribution in [0.15, 0.2) is 59.3 Å². The fourth-order valence-corrected chi connectivity index (χ4v) is 2.63. The Balaban J connectivity index is 1.95. The van der Waals surface area contributed by atoms with Crippen molar-refractivity contribution < 1.29 is 17.6 Å². The van der Waals surface area contributed by atoms with E-state index in [0.29, 0.717) is 16.9 Å². The summed E-state index contributed by atoms with van der Waals surface area (Å²) in [6, 6.07) is 11.0. The molecule has 5 nitrogen and oxygen atoms in total. The van der Waals surface area contributed by atoms with E-state index >= 15 is 0 Å². The second kappa shape index (κ2) is 5.37. The predicted molar refractivity (Wildman–Crippen MR) is 86.0 cm³/mol. The smallest absolute Gasteiger partial charge is 0.435 e. The van der Waals surface area contributed by atoms with E-state index in [1.165, 1.54) is 10.9 Å². The van der Waals surface area contributed by atoms with Gasteiger partial charge in [0.05, 0.1) is 12.0 Å². The maximum atomic E-state index is 13.1. The molecule has 126 valence electrons. The van der Waals surface area contributed by atoms with Gasteiger partial charge in [-0.05, 0) is 35.7 Å². The molecule has 3 heterocycles. The molecule has 4 aromatic rings. The fraction of sp³-hybridized carbons (Fsp3) is 0.0588. The van der Waals surface area contributed by atoms with Gasteiger partial charge in [-0.2, -0.15) is 18.3 Å². The number of hydrogen-bond donors (Lipinski definition) is 1. The Morgan fingerprint density at radius 3 is 2.64 bits per heavy atom. The summed E-state index contributed by atoms with van der Waals surface area (Å²) in [6.07, 6.45) is -1.60. The summed E-state index contributed by atoms with van der Waals surface area (Å²) in [5, 5.41) is 5.18. The highest BCUT2D eigenvalue weighted by Gasteiger charge is 2.35. The number of halogens is 3. The van der Waals surface area contributed by atoms with E-state index in [1.807, 2.05) is 0 Å². The number of alkyl halides is 3. The minimum absolute atomic E-state index is 0.194. The fourth-order valence-electron chi connectivity index (χ4n) is 2.63. The molecule has 0 spiro atoms. The van der Waals surface area contributed by atoms with Crippen molar-refractivity contribution in [2.24, 2.45) is 0 Å². The molecule has 0 fully saturated rings. The Morgan fingerprint density at radius 1 is 1.08 bits per heavy atom. The monoisotopic (exact) mass is 344 g/mol. The van der Waals surface area contributed by atoms with Crippen molar-refractivity contribution in [2.45, 2.75) is 6.18 Å². The van der Waals surface area contributed by atoms with E-state index in [9.17, 15) is 13.2 Å². The molecule has 0 unspecified atom stereocenters. The van der Waals surface area contributed by atoms with Crippen LogP contribution in [0.1, 0.15) is 5.69 Å². The topological polar surface area (TPSA) is 69.9 Å². The summed E-state index contributed by atoms with van der Waals surface area (Å²) < 4.78 is 45.8. The maximum Gasteiger partial charge on any atom is 0.435 e. The van der Waals surface area contributed by atoms with Crippen LogP contribution >= 0.6 is 0 Å². The van der Waals surface area contributed by atoms with Crippen LogP contribution in [-0.2, 0) is 6.18 Å². The molecule has 4 rings (SSSR count). The molecular formula is C17H11F3N4O. The summed E-state index contributed by atoms with van der Waals surface area (Å²) in [5.41, 5.74) is 5.49. The molecule has 0 saturated carbocycles. The number of anilines is 1. The lowest BCUT2D eigenvalue weighted by Gasteiger charge is -2.08. The number of nitrogen functional groups attached to an aromatic ring is 1. The van der Waals surface area contributed by atoms with Crippen LogP contribution in [0, 0.1) is 0 Å². The van der Waals surface area contributed by atoms with E-state index < -0.39 is 11.9 Å². The first-order valence-corrected chi connectivity index (χ1v) is 7.29. The Morgan fingerprint density at radius 2 is 1.92 bits per heavy atom. The van der Waals surface area contributed by atoms with Gasteiger partial charge in [0.15, 0.2) is 11.5 Å². The summed E-state index contributed by atoms with van der Waals surface area (Å²) >= 11 is 0. The molecule has 0 radical (unpaired) electrons. The summed E-state index contributed by atoms with van der Waals surface area (Å²) in [7, 11) is 0. The van der Waals surface area contributed by atoms with E-state index in [4.69, 9.17) is 10.2 Å². The minimum Gasteiger partial charge on any atom is -0.463 e. The third-order valence-electron chi connectivity index (χ3n) is 3.80. The maximum absolute atomic E-state index is 13.1. The molecule has 0 saturated heterocycles. The van der Waals surface area contributed by atoms with Crippen molar-refractivity contribution in [1.29, 1.82) is 0 Å². The molecule has 3 aromatic heterocycles. The number of pyridine rings is 1. The van der Waals surface area contributed by atoms with E-state index in [1.54, 1.807) is 42.6 Å². The first kappa shape index (κ1) is 15.3. The highest BCUT2D eigenvalue weighted by Crippen LogP contribution is 2.34. The van der Waals surface area contributed by atoms with Gasteiger partial charge in [-0.1, -0.05) is 6.07 Å². The van der Waals surface area contributed by atoms with Crippen LogP contribution < -0.4 is 5.73 Å². The Labute approximate surface area is 139 Å². The highest BCUT2D eigenvalue weighted by molar-refractivity contribution is 5.92. The molecule has 2 N–H and O–H groups in total. The van der Waals surface area contributed by atoms with Gasteiger partial charge >= 0.3 is 6.18 Å². The van der Waals surface area contributed by atoms with Crippen molar-refractivity contribution in [3.8, 4) is 17.1 Å². The van der Waals surface area contributed by atoms with Gasteiger partial charge in [-0.25, -0.2) is 9.67 Å². The predicted octanol–water partition coefficient (Wildman–Crippen LogP) is 4.28. The highest BCUT2D eigenvalue weighted by atomic mass is 19.4. The molecule has 25 heavy (non-hydrogen) atoms. The van der Waals surface area contributed by atoms with Crippen LogP contribution in [0.25, 0.3) is 27.9 Å². The van der Waals surface area contributed by atoms with Crippen LogP contribution in [0.5, 0.6) is 0 Å². The van der Waals surface area contributed by atoms with Crippen molar-refractivity contribution in [1.82, 2.24) is 14.8 Å². The van der Waals surface area contributed by atoms with Crippen molar-refractivity contribution in [3.05, 3.63) is 60.6 Å². The average molecular weight is 344 g/mol. The Bertz CT molecular complexity index is 1050. The summed E-state index contributed by atoms with van der Waals surface area (Å²) in [6.45, 7) is 0. The van der Waals surface area contributed by atoms with Crippen LogP contribution in [0.3, 0.4) is 0 Å². The second-order valence-corrected chi connectivity index (χ2v) is 5.40. The first-order valence-electron chi connectivity index (χ1n) is 7.29. The van der Waals surface area contributed by atoms with Gasteiger partial charge in [0, 0.05) is 17.6 Å². The average Bonchev–Trinajstić information content (AvgIpc) is 3.24. The third-order valence-corrected chi connectivity index (χ3v) is 3.80. The molecule has 8 heteroatoms. The van der Waals surface area contributed by atoms with E-state index in [2.05, 4.69) is 10.1 Å². The van der Waals surface area contributed by atoms with Crippen molar-refractivity contribution >= 4 is 16.6 Å². The SMILES string of the molecule is Nc1nccc2ccc(-n3nc(C(F)(F)F)cc3-c3ccco3)cc12. The number of benzene rings is 1. The van der Waals surface area contributed by atoms with Crippen molar-refractivity contribution in [2.75, 3.05) is 5.73 Å². The van der Waals surface area contributed by atoms with Gasteiger partial charge in [-0.15, -0.1) is 0 Å². The summed E-state index contributed by atoms with van der Waals surface area (Å²) in [4.78, 5) is 4.01. The lowest BCUT2D eigenvalue weighted by Crippen LogP contribution is -2.07. The molecule has 0 aliphatic rings. The number of nitrogens with two attached hydrogens (primary N) is 1. The Kier molecular flexibility index (Phi) is 3.28. The molecular weight excluding hydrogens is 333 g/mol. The third kappa shape index (κ3) is 2.61. The van der Waals surface area contributed by atoms with Crippen LogP contribution in [0.4, 0.5) is 19.0 Å². The quantitative estimate of drug-likeness (QED) is 0.589. The number of rotatable bonds is 2. The molecule has 0 amide bonds. The number of nitrogens with zero attached hydrogens (tertiary/aromatic N) is 3. The van der Waals surface area contributed by atoms with Gasteiger partial charge < -0.3 is 10.2 Å². The zero-order chi connectivity index (χ0) is 17.6. The van der Waals surface area contributed by atoms with Gasteiger partial charge in [0.1, 0.15) is 11.5 Å². The largest absolute Gasteiger partial charge is 0.463 e. The minimum atomic E-state index is -4.57. The number of hydrogen-bond acceptors (Lipinski definition) is 4. The second-order valence-electron chi connectivity index (χ2n) is 5.40. The van der Waals surface area contributed by atoms with Crippen LogP contribution in [0.2, 0.25) is 0 Å². The van der Waals surface area contributed by atoms with E-state index in [0.717, 1.165) is 11.5 Å². The Hall–Kier alpha value is -3.29. The standard InChI is InChI=1S/C17H11F3N4O/c18-17(19,20)15-9-13(14-2-1-7-25-14)24(23-15)11-4-3-10-5-6-22-16(21)12(10)8-11/h1-9H,(H2,21,22). The molecule has 1 aromatic carbocycles. The number of fused-ring (bicyclic) bond motifs is 1. The lowest BCUT2D eigenvalue weighted by molar-refractivity contribution is -0.141. The molecule has 0 bridgehead atoms. The number of aromatic nitrogens is 3. The zero-order valence-electron chi connectivity index (χ0n) is 12.7. The number of furan rings is 1. The van der Waals surface area contributed by atoms with Crippen molar-refractivity contribution in [3.63, 3.8) is 0 Å². The van der Waals surface area contributed by atoms with E-state index in [-0.39, 0.29) is 11.5 Å². The van der Waals surface area contributed by atoms with Gasteiger partial charge in [0.2, 0.25) is 0 Å². The zero-order valence-corrected chi connectivity index (χ0v) is 12.7. The molecule has 0 atom stereocenters. The normalized spacial score (nSPS) is 12.0. The molecule has 0 aliphatic heterocycles. The molecule has 0 aliphatic carbocycles.